The van der Waals surface area contributed by atoms with Gasteiger partial charge in [0.05, 0.1) is 18.8 Å². The Labute approximate surface area is 323 Å². The molecule has 0 fully saturated rings. The SMILES string of the molecule is CCCCC/C=C\C/C=C\CCCCCCCCC(O)C(=O)NC(CO)C(O)/C=C/CC/C=C/CCCCCCCCCCCCCCCCCC. The van der Waals surface area contributed by atoms with Crippen LogP contribution in [0.25, 0.3) is 0 Å². The van der Waals surface area contributed by atoms with Gasteiger partial charge in [-0.3, -0.25) is 4.79 Å². The molecule has 0 spiro atoms. The Bertz CT molecular complexity index is 850. The Morgan fingerprint density at radius 1 is 0.481 bits per heavy atom. The van der Waals surface area contributed by atoms with Gasteiger partial charge in [-0.1, -0.05) is 204 Å². The third kappa shape index (κ3) is 36.7. The molecular weight excluding hydrogens is 643 g/mol. The molecule has 0 heterocycles. The fourth-order valence-corrected chi connectivity index (χ4v) is 6.58. The van der Waals surface area contributed by atoms with Crippen LogP contribution >= 0.6 is 0 Å². The smallest absolute Gasteiger partial charge is 0.249 e. The summed E-state index contributed by atoms with van der Waals surface area (Å²) in [5.41, 5.74) is 0. The van der Waals surface area contributed by atoms with E-state index in [1.807, 2.05) is 6.08 Å². The monoisotopic (exact) mass is 730 g/mol. The first kappa shape index (κ1) is 50.3. The molecule has 0 aromatic heterocycles. The number of hydrogen-bond acceptors (Lipinski definition) is 4. The van der Waals surface area contributed by atoms with E-state index in [4.69, 9.17) is 0 Å². The van der Waals surface area contributed by atoms with Gasteiger partial charge in [-0.15, -0.1) is 0 Å². The molecule has 0 aliphatic rings. The van der Waals surface area contributed by atoms with Crippen LogP contribution in [0.2, 0.25) is 0 Å². The number of unbranched alkanes of at least 4 members (excludes halogenated alkanes) is 26. The topological polar surface area (TPSA) is 89.8 Å². The molecule has 3 atom stereocenters. The van der Waals surface area contributed by atoms with Gasteiger partial charge in [0, 0.05) is 0 Å². The van der Waals surface area contributed by atoms with E-state index >= 15 is 0 Å². The number of carbonyl (C=O) groups is 1. The van der Waals surface area contributed by atoms with E-state index in [2.05, 4.69) is 55.6 Å². The molecule has 0 aliphatic carbocycles. The summed E-state index contributed by atoms with van der Waals surface area (Å²) in [6, 6.07) is -0.820. The highest BCUT2D eigenvalue weighted by Gasteiger charge is 2.22. The van der Waals surface area contributed by atoms with Crippen molar-refractivity contribution >= 4 is 5.91 Å². The second-order valence-electron chi connectivity index (χ2n) is 15.2. The second kappa shape index (κ2) is 42.1. The molecule has 0 rings (SSSR count). The number of aliphatic hydroxyl groups excluding tert-OH is 3. The van der Waals surface area contributed by atoms with E-state index in [0.717, 1.165) is 51.4 Å². The summed E-state index contributed by atoms with van der Waals surface area (Å²) >= 11 is 0. The highest BCUT2D eigenvalue weighted by molar-refractivity contribution is 5.80. The number of carbonyl (C=O) groups excluding carboxylic acids is 1. The average molecular weight is 730 g/mol. The Balaban J connectivity index is 3.73. The predicted molar refractivity (Wildman–Crippen MR) is 227 cm³/mol. The number of rotatable bonds is 40. The van der Waals surface area contributed by atoms with Gasteiger partial charge in [0.1, 0.15) is 6.10 Å². The van der Waals surface area contributed by atoms with Crippen molar-refractivity contribution in [3.05, 3.63) is 48.6 Å². The molecule has 4 N–H and O–H groups in total. The van der Waals surface area contributed by atoms with Crippen LogP contribution in [0.1, 0.15) is 219 Å². The molecule has 0 aliphatic heterocycles. The van der Waals surface area contributed by atoms with E-state index in [-0.39, 0.29) is 6.61 Å². The Hall–Kier alpha value is -1.69. The third-order valence-electron chi connectivity index (χ3n) is 10.1. The number of nitrogens with one attached hydrogen (secondary N) is 1. The van der Waals surface area contributed by atoms with Crippen molar-refractivity contribution in [3.8, 4) is 0 Å². The number of hydrogen-bond donors (Lipinski definition) is 4. The maximum absolute atomic E-state index is 12.5. The molecular formula is C47H87NO4. The first-order valence-electron chi connectivity index (χ1n) is 22.5. The van der Waals surface area contributed by atoms with E-state index in [9.17, 15) is 20.1 Å². The van der Waals surface area contributed by atoms with Crippen molar-refractivity contribution in [2.75, 3.05) is 6.61 Å². The van der Waals surface area contributed by atoms with Gasteiger partial charge < -0.3 is 20.6 Å². The molecule has 5 nitrogen and oxygen atoms in total. The molecule has 52 heavy (non-hydrogen) atoms. The molecule has 0 aromatic rings. The minimum atomic E-state index is -1.12. The predicted octanol–water partition coefficient (Wildman–Crippen LogP) is 12.9. The van der Waals surface area contributed by atoms with E-state index in [0.29, 0.717) is 6.42 Å². The molecule has 1 amide bonds. The molecule has 0 radical (unpaired) electrons. The van der Waals surface area contributed by atoms with E-state index in [1.54, 1.807) is 6.08 Å². The van der Waals surface area contributed by atoms with Gasteiger partial charge >= 0.3 is 0 Å². The highest BCUT2D eigenvalue weighted by Crippen LogP contribution is 2.15. The summed E-state index contributed by atoms with van der Waals surface area (Å²) < 4.78 is 0. The zero-order chi connectivity index (χ0) is 38.0. The minimum absolute atomic E-state index is 0.381. The maximum Gasteiger partial charge on any atom is 0.249 e. The van der Waals surface area contributed by atoms with Crippen molar-refractivity contribution in [1.29, 1.82) is 0 Å². The third-order valence-corrected chi connectivity index (χ3v) is 10.1. The zero-order valence-electron chi connectivity index (χ0n) is 34.4. The number of amides is 1. The second-order valence-corrected chi connectivity index (χ2v) is 15.2. The van der Waals surface area contributed by atoms with Gasteiger partial charge in [0.25, 0.3) is 0 Å². The summed E-state index contributed by atoms with van der Waals surface area (Å²) in [5, 5.41) is 33.1. The van der Waals surface area contributed by atoms with Crippen LogP contribution in [0.5, 0.6) is 0 Å². The summed E-state index contributed by atoms with van der Waals surface area (Å²) in [4.78, 5) is 12.5. The van der Waals surface area contributed by atoms with Gasteiger partial charge in [0.15, 0.2) is 0 Å². The lowest BCUT2D eigenvalue weighted by atomic mass is 10.0. The lowest BCUT2D eigenvalue weighted by molar-refractivity contribution is -0.131. The van der Waals surface area contributed by atoms with Crippen LogP contribution in [0.3, 0.4) is 0 Å². The first-order chi connectivity index (χ1) is 25.6. The molecule has 0 saturated carbocycles. The Morgan fingerprint density at radius 3 is 1.33 bits per heavy atom. The van der Waals surface area contributed by atoms with Gasteiger partial charge in [0.2, 0.25) is 5.91 Å². The lowest BCUT2D eigenvalue weighted by Gasteiger charge is -2.21. The Kier molecular flexibility index (Phi) is 40.7. The maximum atomic E-state index is 12.5. The standard InChI is InChI=1S/C47H87NO4/c1-3-5-7-9-11-13-15-17-19-21-22-23-24-25-26-28-29-31-33-35-37-39-41-45(50)44(43-49)48-47(52)46(51)42-40-38-36-34-32-30-27-20-18-16-14-12-10-8-6-4-2/h12,14,18,20,31,33,39,41,44-46,49-51H,3-11,13,15-17,19,21-30,32,34-38,40,42-43H2,1-2H3,(H,48,52)/b14-12-,20-18-,33-31+,41-39+. The largest absolute Gasteiger partial charge is 0.394 e. The first-order valence-corrected chi connectivity index (χ1v) is 22.5. The fraction of sp³-hybridized carbons (Fsp3) is 0.809. The van der Waals surface area contributed by atoms with Crippen molar-refractivity contribution < 1.29 is 20.1 Å². The van der Waals surface area contributed by atoms with Crippen LogP contribution in [0.4, 0.5) is 0 Å². The molecule has 0 aromatic carbocycles. The van der Waals surface area contributed by atoms with Gasteiger partial charge in [-0.2, -0.15) is 0 Å². The van der Waals surface area contributed by atoms with Crippen LogP contribution in [0.15, 0.2) is 48.6 Å². The number of aliphatic hydroxyl groups is 3. The van der Waals surface area contributed by atoms with Crippen molar-refractivity contribution in [2.24, 2.45) is 0 Å². The number of allylic oxidation sites excluding steroid dienone is 7. The summed E-state index contributed by atoms with van der Waals surface area (Å²) in [7, 11) is 0. The minimum Gasteiger partial charge on any atom is -0.394 e. The Morgan fingerprint density at radius 2 is 0.846 bits per heavy atom. The molecule has 3 unspecified atom stereocenters. The van der Waals surface area contributed by atoms with Crippen molar-refractivity contribution in [2.45, 2.75) is 238 Å². The molecule has 0 saturated heterocycles. The zero-order valence-corrected chi connectivity index (χ0v) is 34.4. The van der Waals surface area contributed by atoms with Crippen LogP contribution in [0, 0.1) is 0 Å². The van der Waals surface area contributed by atoms with Crippen LogP contribution in [-0.4, -0.2) is 46.1 Å². The van der Waals surface area contributed by atoms with Crippen molar-refractivity contribution in [3.63, 3.8) is 0 Å². The quantitative estimate of drug-likeness (QED) is 0.0373. The highest BCUT2D eigenvalue weighted by atomic mass is 16.3. The fourth-order valence-electron chi connectivity index (χ4n) is 6.58. The summed E-state index contributed by atoms with van der Waals surface area (Å²) in [6.45, 7) is 4.14. The van der Waals surface area contributed by atoms with Crippen molar-refractivity contribution in [1.82, 2.24) is 5.32 Å². The average Bonchev–Trinajstić information content (AvgIpc) is 3.15. The normalized spacial score (nSPS) is 14.0. The summed E-state index contributed by atoms with van der Waals surface area (Å²) in [5.74, 6) is -0.522. The van der Waals surface area contributed by atoms with E-state index < -0.39 is 24.2 Å². The van der Waals surface area contributed by atoms with E-state index in [1.165, 1.54) is 148 Å². The molecule has 304 valence electrons. The van der Waals surface area contributed by atoms with Crippen LogP contribution in [-0.2, 0) is 4.79 Å². The molecule has 0 bridgehead atoms. The summed E-state index contributed by atoms with van der Waals surface area (Å²) in [6.07, 6.45) is 54.3. The van der Waals surface area contributed by atoms with Crippen LogP contribution < -0.4 is 5.32 Å². The lowest BCUT2D eigenvalue weighted by Crippen LogP contribution is -2.48. The van der Waals surface area contributed by atoms with Gasteiger partial charge in [-0.05, 0) is 64.2 Å². The van der Waals surface area contributed by atoms with Gasteiger partial charge in [-0.25, -0.2) is 0 Å². The molecule has 5 heteroatoms.